The van der Waals surface area contributed by atoms with Gasteiger partial charge in [0, 0.05) is 32.9 Å². The van der Waals surface area contributed by atoms with E-state index in [1.54, 1.807) is 6.92 Å². The van der Waals surface area contributed by atoms with Crippen molar-refractivity contribution in [2.45, 2.75) is 37.9 Å². The average molecular weight is 287 g/mol. The Labute approximate surface area is 124 Å². The van der Waals surface area contributed by atoms with Crippen LogP contribution in [0.1, 0.15) is 25.3 Å². The molecule has 2 heterocycles. The number of benzene rings is 1. The van der Waals surface area contributed by atoms with Gasteiger partial charge in [0.05, 0.1) is 11.7 Å². The summed E-state index contributed by atoms with van der Waals surface area (Å²) in [6.07, 6.45) is 2.23. The van der Waals surface area contributed by atoms with Crippen LogP contribution in [-0.2, 0) is 16.0 Å². The Morgan fingerprint density at radius 2 is 1.95 bits per heavy atom. The molecule has 1 unspecified atom stereocenters. The van der Waals surface area contributed by atoms with Crippen LogP contribution in [0.25, 0.3) is 0 Å². The molecule has 0 saturated carbocycles. The van der Waals surface area contributed by atoms with E-state index in [0.29, 0.717) is 19.5 Å². The van der Waals surface area contributed by atoms with Crippen LogP contribution in [0.15, 0.2) is 30.3 Å². The van der Waals surface area contributed by atoms with Crippen molar-refractivity contribution < 1.29 is 9.59 Å². The summed E-state index contributed by atoms with van der Waals surface area (Å²) in [5.41, 5.74) is 0.825. The van der Waals surface area contributed by atoms with E-state index >= 15 is 0 Å². The Balaban J connectivity index is 1.64. The molecule has 1 atom stereocenters. The van der Waals surface area contributed by atoms with Crippen LogP contribution in [-0.4, -0.2) is 41.5 Å². The lowest BCUT2D eigenvalue weighted by atomic mass is 9.97. The lowest BCUT2D eigenvalue weighted by Gasteiger charge is -2.39. The number of hydrogen-bond acceptors (Lipinski definition) is 3. The molecule has 112 valence electrons. The molecule has 5 nitrogen and oxygen atoms in total. The van der Waals surface area contributed by atoms with Crippen molar-refractivity contribution in [3.63, 3.8) is 0 Å². The number of amides is 2. The number of hydrogen-bond donors (Lipinski definition) is 2. The maximum Gasteiger partial charge on any atom is 0.238 e. The molecule has 5 heteroatoms. The molecule has 3 rings (SSSR count). The van der Waals surface area contributed by atoms with Crippen molar-refractivity contribution in [1.82, 2.24) is 15.5 Å². The van der Waals surface area contributed by atoms with Gasteiger partial charge in [-0.2, -0.15) is 0 Å². The first kappa shape index (κ1) is 14.1. The number of nitrogens with zero attached hydrogens (tertiary/aromatic N) is 1. The average Bonchev–Trinajstić information content (AvgIpc) is 2.76. The van der Waals surface area contributed by atoms with Gasteiger partial charge in [-0.1, -0.05) is 30.3 Å². The molecule has 0 aliphatic carbocycles. The Hall–Kier alpha value is -1.88. The molecule has 0 radical (unpaired) electrons. The molecule has 2 N–H and O–H groups in total. The largest absolute Gasteiger partial charge is 0.343 e. The first-order valence-electron chi connectivity index (χ1n) is 7.47. The molecule has 2 fully saturated rings. The highest BCUT2D eigenvalue weighted by atomic mass is 16.2. The zero-order chi connectivity index (χ0) is 14.9. The van der Waals surface area contributed by atoms with Gasteiger partial charge < -0.3 is 10.2 Å². The van der Waals surface area contributed by atoms with E-state index in [0.717, 1.165) is 18.4 Å². The molecule has 2 aliphatic heterocycles. The Morgan fingerprint density at radius 3 is 2.57 bits per heavy atom. The van der Waals surface area contributed by atoms with Crippen molar-refractivity contribution in [2.75, 3.05) is 13.1 Å². The summed E-state index contributed by atoms with van der Waals surface area (Å²) in [4.78, 5) is 25.4. The Kier molecular flexibility index (Phi) is 3.68. The molecule has 2 saturated heterocycles. The highest BCUT2D eigenvalue weighted by Crippen LogP contribution is 2.25. The van der Waals surface area contributed by atoms with Crippen molar-refractivity contribution >= 4 is 11.8 Å². The monoisotopic (exact) mass is 287 g/mol. The molecule has 1 aromatic rings. The summed E-state index contributed by atoms with van der Waals surface area (Å²) in [5.74, 6) is 0.171. The van der Waals surface area contributed by atoms with Gasteiger partial charge in [0.15, 0.2) is 0 Å². The van der Waals surface area contributed by atoms with E-state index in [9.17, 15) is 9.59 Å². The zero-order valence-corrected chi connectivity index (χ0v) is 12.3. The van der Waals surface area contributed by atoms with Crippen molar-refractivity contribution in [3.05, 3.63) is 35.9 Å². The molecule has 0 bridgehead atoms. The highest BCUT2D eigenvalue weighted by Gasteiger charge is 2.45. The second kappa shape index (κ2) is 5.48. The fraction of sp³-hybridized carbons (Fsp3) is 0.500. The number of likely N-dealkylation sites (tertiary alicyclic amines) is 1. The molecule has 1 spiro atoms. The predicted molar refractivity (Wildman–Crippen MR) is 79.4 cm³/mol. The van der Waals surface area contributed by atoms with E-state index in [1.807, 2.05) is 35.2 Å². The first-order valence-corrected chi connectivity index (χ1v) is 7.47. The van der Waals surface area contributed by atoms with Crippen molar-refractivity contribution in [1.29, 1.82) is 0 Å². The van der Waals surface area contributed by atoms with E-state index in [2.05, 4.69) is 10.6 Å². The first-order chi connectivity index (χ1) is 10.1. The molecule has 2 aliphatic rings. The van der Waals surface area contributed by atoms with Gasteiger partial charge in [-0.25, -0.2) is 0 Å². The topological polar surface area (TPSA) is 61.4 Å². The molecular formula is C16H21N3O2. The summed E-state index contributed by atoms with van der Waals surface area (Å²) in [6, 6.07) is 9.85. The number of piperidine rings is 1. The summed E-state index contributed by atoms with van der Waals surface area (Å²) < 4.78 is 0. The van der Waals surface area contributed by atoms with Gasteiger partial charge in [0.25, 0.3) is 0 Å². The van der Waals surface area contributed by atoms with Crippen LogP contribution in [0.4, 0.5) is 0 Å². The quantitative estimate of drug-likeness (QED) is 0.840. The van der Waals surface area contributed by atoms with Crippen molar-refractivity contribution in [3.8, 4) is 0 Å². The fourth-order valence-electron chi connectivity index (χ4n) is 3.22. The van der Waals surface area contributed by atoms with E-state index in [4.69, 9.17) is 0 Å². The Bertz CT molecular complexity index is 536. The highest BCUT2D eigenvalue weighted by molar-refractivity contribution is 5.85. The fourth-order valence-corrected chi connectivity index (χ4v) is 3.22. The summed E-state index contributed by atoms with van der Waals surface area (Å²) in [7, 11) is 0. The van der Waals surface area contributed by atoms with Gasteiger partial charge in [-0.15, -0.1) is 0 Å². The van der Waals surface area contributed by atoms with Crippen molar-refractivity contribution in [2.24, 2.45) is 0 Å². The van der Waals surface area contributed by atoms with E-state index < -0.39 is 0 Å². The standard InChI is InChI=1S/C16H21N3O2/c1-12(20)19-9-7-16(8-10-19)17-14(15(21)18-16)11-13-5-3-2-4-6-13/h2-6,14,17H,7-11H2,1H3,(H,18,21). The number of carbonyl (C=O) groups is 2. The van der Waals surface area contributed by atoms with Crippen LogP contribution in [0.2, 0.25) is 0 Å². The van der Waals surface area contributed by atoms with Gasteiger partial charge >= 0.3 is 0 Å². The third-order valence-corrected chi connectivity index (χ3v) is 4.47. The molecule has 1 aromatic carbocycles. The lowest BCUT2D eigenvalue weighted by Crippen LogP contribution is -2.58. The minimum absolute atomic E-state index is 0.0649. The summed E-state index contributed by atoms with van der Waals surface area (Å²) in [6.45, 7) is 2.98. The van der Waals surface area contributed by atoms with Crippen LogP contribution in [0.3, 0.4) is 0 Å². The molecule has 21 heavy (non-hydrogen) atoms. The molecular weight excluding hydrogens is 266 g/mol. The maximum absolute atomic E-state index is 12.2. The third kappa shape index (κ3) is 2.93. The second-order valence-corrected chi connectivity index (χ2v) is 5.96. The molecule has 0 aromatic heterocycles. The van der Waals surface area contributed by atoms with E-state index in [-0.39, 0.29) is 23.5 Å². The summed E-state index contributed by atoms with van der Waals surface area (Å²) >= 11 is 0. The second-order valence-electron chi connectivity index (χ2n) is 5.96. The predicted octanol–water partition coefficient (Wildman–Crippen LogP) is 0.656. The van der Waals surface area contributed by atoms with Gasteiger partial charge in [0.2, 0.25) is 11.8 Å². The molecule has 2 amide bonds. The minimum Gasteiger partial charge on any atom is -0.343 e. The number of rotatable bonds is 2. The van der Waals surface area contributed by atoms with Gasteiger partial charge in [0.1, 0.15) is 0 Å². The normalized spacial score (nSPS) is 24.1. The van der Waals surface area contributed by atoms with Gasteiger partial charge in [-0.3, -0.25) is 14.9 Å². The van der Waals surface area contributed by atoms with Crippen LogP contribution < -0.4 is 10.6 Å². The minimum atomic E-state index is -0.331. The van der Waals surface area contributed by atoms with E-state index in [1.165, 1.54) is 0 Å². The number of carbonyl (C=O) groups excluding carboxylic acids is 2. The maximum atomic E-state index is 12.2. The summed E-state index contributed by atoms with van der Waals surface area (Å²) in [5, 5.41) is 6.58. The smallest absolute Gasteiger partial charge is 0.238 e. The Morgan fingerprint density at radius 1 is 1.29 bits per heavy atom. The zero-order valence-electron chi connectivity index (χ0n) is 12.3. The van der Waals surface area contributed by atoms with Crippen LogP contribution in [0, 0.1) is 0 Å². The van der Waals surface area contributed by atoms with Crippen LogP contribution >= 0.6 is 0 Å². The third-order valence-electron chi connectivity index (χ3n) is 4.47. The van der Waals surface area contributed by atoms with Crippen LogP contribution in [0.5, 0.6) is 0 Å². The SMILES string of the molecule is CC(=O)N1CCC2(CC1)NC(=O)C(Cc1ccccc1)N2. The lowest BCUT2D eigenvalue weighted by molar-refractivity contribution is -0.130. The van der Waals surface area contributed by atoms with Gasteiger partial charge in [-0.05, 0) is 12.0 Å². The number of nitrogens with one attached hydrogen (secondary N) is 2.